The second kappa shape index (κ2) is 4.61. The van der Waals surface area contributed by atoms with Gasteiger partial charge in [0.15, 0.2) is 0 Å². The summed E-state index contributed by atoms with van der Waals surface area (Å²) in [7, 11) is 0. The average molecular weight is 249 g/mol. The molecule has 2 saturated heterocycles. The maximum Gasteiger partial charge on any atom is 0.410 e. The van der Waals surface area contributed by atoms with E-state index in [0.29, 0.717) is 18.7 Å². The van der Waals surface area contributed by atoms with E-state index in [9.17, 15) is 4.79 Å². The van der Waals surface area contributed by atoms with Crippen molar-refractivity contribution in [3.63, 3.8) is 0 Å². The first kappa shape index (κ1) is 11.0. The van der Waals surface area contributed by atoms with Crippen LogP contribution >= 0.6 is 11.8 Å². The molecule has 0 aromatic heterocycles. The number of hydrogen-bond acceptors (Lipinski definition) is 3. The van der Waals surface area contributed by atoms with E-state index in [4.69, 9.17) is 4.74 Å². The van der Waals surface area contributed by atoms with E-state index >= 15 is 0 Å². The van der Waals surface area contributed by atoms with Crippen molar-refractivity contribution in [2.45, 2.75) is 25.1 Å². The molecule has 4 heteroatoms. The van der Waals surface area contributed by atoms with Crippen molar-refractivity contribution in [1.82, 2.24) is 4.90 Å². The molecule has 0 radical (unpaired) electrons. The summed E-state index contributed by atoms with van der Waals surface area (Å²) in [6, 6.07) is 10.7. The van der Waals surface area contributed by atoms with Crippen LogP contribution in [0.2, 0.25) is 0 Å². The minimum Gasteiger partial charge on any atom is -0.445 e. The number of amides is 1. The van der Waals surface area contributed by atoms with E-state index < -0.39 is 0 Å². The summed E-state index contributed by atoms with van der Waals surface area (Å²) in [5.41, 5.74) is 1.04. The van der Waals surface area contributed by atoms with Crippen molar-refractivity contribution in [3.8, 4) is 0 Å². The van der Waals surface area contributed by atoms with E-state index in [2.05, 4.69) is 0 Å². The predicted octanol–water partition coefficient (Wildman–Crippen LogP) is 2.51. The standard InChI is InChI=1S/C13H15NO2S/c15-13(14-11-6-12(14)9-17-8-11)16-7-10-4-2-1-3-5-10/h1-5,11-12H,6-9H2. The Bertz CT molecular complexity index is 395. The second-order valence-electron chi connectivity index (χ2n) is 4.53. The SMILES string of the molecule is O=C(OCc1ccccc1)N1C2CSCC1C2. The second-order valence-corrected chi connectivity index (χ2v) is 5.60. The van der Waals surface area contributed by atoms with Gasteiger partial charge in [-0.05, 0) is 12.0 Å². The van der Waals surface area contributed by atoms with Gasteiger partial charge in [-0.3, -0.25) is 0 Å². The molecule has 3 rings (SSSR count). The van der Waals surface area contributed by atoms with Gasteiger partial charge in [0.25, 0.3) is 0 Å². The molecule has 90 valence electrons. The number of fused-ring (bicyclic) bond motifs is 2. The summed E-state index contributed by atoms with van der Waals surface area (Å²) < 4.78 is 5.35. The summed E-state index contributed by atoms with van der Waals surface area (Å²) in [6.45, 7) is 0.378. The molecule has 0 spiro atoms. The average Bonchev–Trinajstić information content (AvgIpc) is 2.38. The normalized spacial score (nSPS) is 26.2. The van der Waals surface area contributed by atoms with E-state index in [0.717, 1.165) is 23.5 Å². The number of hydrogen-bond donors (Lipinski definition) is 0. The minimum atomic E-state index is -0.143. The van der Waals surface area contributed by atoms with Crippen molar-refractivity contribution in [2.75, 3.05) is 11.5 Å². The number of benzene rings is 1. The highest BCUT2D eigenvalue weighted by atomic mass is 32.2. The predicted molar refractivity (Wildman–Crippen MR) is 68.0 cm³/mol. The maximum absolute atomic E-state index is 11.9. The molecule has 17 heavy (non-hydrogen) atoms. The monoisotopic (exact) mass is 249 g/mol. The molecule has 2 aliphatic heterocycles. The van der Waals surface area contributed by atoms with Gasteiger partial charge in [0.2, 0.25) is 0 Å². The Kier molecular flexibility index (Phi) is 2.97. The Morgan fingerprint density at radius 2 is 2.00 bits per heavy atom. The number of ether oxygens (including phenoxy) is 1. The van der Waals surface area contributed by atoms with Crippen molar-refractivity contribution >= 4 is 17.9 Å². The van der Waals surface area contributed by atoms with E-state index in [1.165, 1.54) is 0 Å². The highest BCUT2D eigenvalue weighted by Gasteiger charge is 2.45. The van der Waals surface area contributed by atoms with Gasteiger partial charge >= 0.3 is 6.09 Å². The van der Waals surface area contributed by atoms with Crippen LogP contribution in [0.1, 0.15) is 12.0 Å². The van der Waals surface area contributed by atoms with Crippen LogP contribution in [-0.4, -0.2) is 34.6 Å². The molecule has 2 unspecified atom stereocenters. The van der Waals surface area contributed by atoms with Crippen molar-refractivity contribution in [3.05, 3.63) is 35.9 Å². The molecule has 1 aromatic rings. The molecule has 0 saturated carbocycles. The van der Waals surface area contributed by atoms with E-state index in [-0.39, 0.29) is 6.09 Å². The Balaban J connectivity index is 1.54. The number of carbonyl (C=O) groups is 1. The minimum absolute atomic E-state index is 0.143. The third kappa shape index (κ3) is 2.14. The van der Waals surface area contributed by atoms with Gasteiger partial charge in [-0.1, -0.05) is 30.3 Å². The fraction of sp³-hybridized carbons (Fsp3) is 0.462. The zero-order valence-corrected chi connectivity index (χ0v) is 10.4. The molecular formula is C13H15NO2S. The van der Waals surface area contributed by atoms with Gasteiger partial charge in [0, 0.05) is 23.6 Å². The fourth-order valence-corrected chi connectivity index (χ4v) is 3.70. The first-order valence-corrected chi connectivity index (χ1v) is 7.07. The lowest BCUT2D eigenvalue weighted by Crippen LogP contribution is -2.63. The van der Waals surface area contributed by atoms with Crippen molar-refractivity contribution < 1.29 is 9.53 Å². The number of thioether (sulfide) groups is 1. The molecule has 2 aliphatic rings. The van der Waals surface area contributed by atoms with Gasteiger partial charge in [-0.25, -0.2) is 4.79 Å². The van der Waals surface area contributed by atoms with Crippen LogP contribution in [0.25, 0.3) is 0 Å². The number of rotatable bonds is 2. The molecule has 2 bridgehead atoms. The largest absolute Gasteiger partial charge is 0.445 e. The van der Waals surface area contributed by atoms with E-state index in [1.807, 2.05) is 47.0 Å². The van der Waals surface area contributed by atoms with Crippen LogP contribution in [0.15, 0.2) is 30.3 Å². The van der Waals surface area contributed by atoms with Gasteiger partial charge in [0.05, 0.1) is 0 Å². The van der Waals surface area contributed by atoms with Crippen LogP contribution in [0, 0.1) is 0 Å². The summed E-state index contributed by atoms with van der Waals surface area (Å²) in [6.07, 6.45) is 1.02. The van der Waals surface area contributed by atoms with Crippen LogP contribution in [-0.2, 0) is 11.3 Å². The smallest absolute Gasteiger partial charge is 0.410 e. The fourth-order valence-electron chi connectivity index (χ4n) is 2.43. The summed E-state index contributed by atoms with van der Waals surface area (Å²) >= 11 is 1.94. The molecule has 1 amide bonds. The third-order valence-corrected chi connectivity index (χ3v) is 4.61. The molecular weight excluding hydrogens is 234 g/mol. The Labute approximate surface area is 105 Å². The molecule has 2 atom stereocenters. The zero-order valence-electron chi connectivity index (χ0n) is 9.54. The van der Waals surface area contributed by atoms with Gasteiger partial charge in [0.1, 0.15) is 6.61 Å². The lowest BCUT2D eigenvalue weighted by molar-refractivity contribution is 0.0160. The van der Waals surface area contributed by atoms with Crippen LogP contribution in [0.3, 0.4) is 0 Å². The van der Waals surface area contributed by atoms with Crippen molar-refractivity contribution in [2.24, 2.45) is 0 Å². The number of nitrogens with zero attached hydrogens (tertiary/aromatic N) is 1. The third-order valence-electron chi connectivity index (χ3n) is 3.37. The Hall–Kier alpha value is -1.16. The first-order valence-electron chi connectivity index (χ1n) is 5.91. The topological polar surface area (TPSA) is 29.5 Å². The Morgan fingerprint density at radius 1 is 1.29 bits per heavy atom. The summed E-state index contributed by atoms with van der Waals surface area (Å²) in [5.74, 6) is 2.13. The van der Waals surface area contributed by atoms with Crippen LogP contribution in [0.5, 0.6) is 0 Å². The van der Waals surface area contributed by atoms with Crippen LogP contribution in [0.4, 0.5) is 4.79 Å². The van der Waals surface area contributed by atoms with Gasteiger partial charge < -0.3 is 9.64 Å². The highest BCUT2D eigenvalue weighted by molar-refractivity contribution is 7.99. The Morgan fingerprint density at radius 3 is 2.65 bits per heavy atom. The van der Waals surface area contributed by atoms with Gasteiger partial charge in [-0.15, -0.1) is 0 Å². The van der Waals surface area contributed by atoms with Crippen molar-refractivity contribution in [1.29, 1.82) is 0 Å². The molecule has 2 fully saturated rings. The molecule has 1 aromatic carbocycles. The molecule has 2 heterocycles. The molecule has 0 aliphatic carbocycles. The molecule has 3 nitrogen and oxygen atoms in total. The van der Waals surface area contributed by atoms with Gasteiger partial charge in [-0.2, -0.15) is 11.8 Å². The summed E-state index contributed by atoms with van der Waals surface area (Å²) in [5, 5.41) is 0. The zero-order chi connectivity index (χ0) is 11.7. The highest BCUT2D eigenvalue weighted by Crippen LogP contribution is 2.36. The van der Waals surface area contributed by atoms with E-state index in [1.54, 1.807) is 0 Å². The maximum atomic E-state index is 11.9. The first-order chi connectivity index (χ1) is 8.34. The quantitative estimate of drug-likeness (QED) is 0.806. The van der Waals surface area contributed by atoms with Crippen LogP contribution < -0.4 is 0 Å². The summed E-state index contributed by atoms with van der Waals surface area (Å²) in [4.78, 5) is 13.8. The number of carbonyl (C=O) groups excluding carboxylic acids is 1. The lowest BCUT2D eigenvalue weighted by atomic mass is 9.96. The molecule has 0 N–H and O–H groups in total. The lowest BCUT2D eigenvalue weighted by Gasteiger charge is -2.51.